The Morgan fingerprint density at radius 2 is 2.25 bits per heavy atom. The fourth-order valence-electron chi connectivity index (χ4n) is 1.42. The molecule has 0 aromatic heterocycles. The lowest BCUT2D eigenvalue weighted by Gasteiger charge is -2.12. The lowest BCUT2D eigenvalue weighted by molar-refractivity contribution is 0.623. The fourth-order valence-corrected chi connectivity index (χ4v) is 2.49. The third kappa shape index (κ3) is 4.73. The first-order valence-electron chi connectivity index (χ1n) is 5.40. The van der Waals surface area contributed by atoms with E-state index in [0.29, 0.717) is 11.4 Å². The van der Waals surface area contributed by atoms with Crippen LogP contribution in [0.1, 0.15) is 18.9 Å². The maximum absolute atomic E-state index is 13.0. The predicted molar refractivity (Wildman–Crippen MR) is 70.7 cm³/mol. The summed E-state index contributed by atoms with van der Waals surface area (Å²) in [5.41, 5.74) is 6.76. The Morgan fingerprint density at radius 1 is 1.50 bits per heavy atom. The van der Waals surface area contributed by atoms with Gasteiger partial charge in [0.15, 0.2) is 0 Å². The second kappa shape index (κ2) is 7.15. The zero-order chi connectivity index (χ0) is 12.0. The van der Waals surface area contributed by atoms with E-state index < -0.39 is 0 Å². The van der Waals surface area contributed by atoms with E-state index in [4.69, 9.17) is 17.3 Å². The van der Waals surface area contributed by atoms with Gasteiger partial charge in [-0.3, -0.25) is 0 Å². The van der Waals surface area contributed by atoms with Crippen LogP contribution in [0.25, 0.3) is 0 Å². The van der Waals surface area contributed by atoms with E-state index in [9.17, 15) is 4.39 Å². The number of rotatable bonds is 6. The molecule has 0 aliphatic heterocycles. The van der Waals surface area contributed by atoms with Gasteiger partial charge >= 0.3 is 0 Å². The molecule has 1 aromatic rings. The highest BCUT2D eigenvalue weighted by Gasteiger charge is 2.08. The molecule has 1 aromatic carbocycles. The van der Waals surface area contributed by atoms with Crippen LogP contribution in [0.2, 0.25) is 5.02 Å². The van der Waals surface area contributed by atoms with Gasteiger partial charge < -0.3 is 5.73 Å². The van der Waals surface area contributed by atoms with Crippen LogP contribution in [-0.2, 0) is 6.42 Å². The summed E-state index contributed by atoms with van der Waals surface area (Å²) in [5, 5.41) is 0.595. The van der Waals surface area contributed by atoms with Crippen molar-refractivity contribution in [3.05, 3.63) is 34.6 Å². The lowest BCUT2D eigenvalue weighted by Crippen LogP contribution is -2.26. The molecular weight excluding hydrogens is 245 g/mol. The normalized spacial score (nSPS) is 12.8. The van der Waals surface area contributed by atoms with Gasteiger partial charge in [-0.1, -0.05) is 18.5 Å². The summed E-state index contributed by atoms with van der Waals surface area (Å²) in [6.45, 7) is 2.14. The van der Waals surface area contributed by atoms with Crippen LogP contribution < -0.4 is 5.73 Å². The summed E-state index contributed by atoms with van der Waals surface area (Å²) in [5.74, 6) is 1.75. The smallest absolute Gasteiger partial charge is 0.123 e. The molecular formula is C12H17ClFNS. The van der Waals surface area contributed by atoms with Gasteiger partial charge in [0.05, 0.1) is 0 Å². The lowest BCUT2D eigenvalue weighted by atomic mass is 10.1. The molecule has 2 N–H and O–H groups in total. The Bertz CT molecular complexity index is 333. The van der Waals surface area contributed by atoms with Gasteiger partial charge in [0.25, 0.3) is 0 Å². The van der Waals surface area contributed by atoms with Crippen molar-refractivity contribution >= 4 is 23.4 Å². The number of hydrogen-bond donors (Lipinski definition) is 1. The molecule has 0 saturated heterocycles. The maximum atomic E-state index is 13.0. The van der Waals surface area contributed by atoms with Crippen LogP contribution in [0.5, 0.6) is 0 Å². The van der Waals surface area contributed by atoms with Gasteiger partial charge in [0.2, 0.25) is 0 Å². The van der Waals surface area contributed by atoms with Crippen molar-refractivity contribution in [3.8, 4) is 0 Å². The van der Waals surface area contributed by atoms with Crippen LogP contribution in [0.4, 0.5) is 4.39 Å². The summed E-state index contributed by atoms with van der Waals surface area (Å²) in [6, 6.07) is 4.45. The van der Waals surface area contributed by atoms with Gasteiger partial charge in [-0.25, -0.2) is 4.39 Å². The molecule has 0 radical (unpaired) electrons. The molecule has 16 heavy (non-hydrogen) atoms. The van der Waals surface area contributed by atoms with Gasteiger partial charge in [-0.05, 0) is 42.4 Å². The molecule has 1 rings (SSSR count). The SMILES string of the molecule is CCCSCC(N)Cc1cc(F)ccc1Cl. The minimum atomic E-state index is -0.257. The molecule has 0 saturated carbocycles. The van der Waals surface area contributed by atoms with Crippen LogP contribution in [0.15, 0.2) is 18.2 Å². The Kier molecular flexibility index (Phi) is 6.17. The number of benzene rings is 1. The molecule has 0 fully saturated rings. The van der Waals surface area contributed by atoms with Crippen LogP contribution in [0, 0.1) is 5.82 Å². The zero-order valence-corrected chi connectivity index (χ0v) is 11.0. The Morgan fingerprint density at radius 3 is 2.94 bits per heavy atom. The molecule has 0 aliphatic carbocycles. The van der Waals surface area contributed by atoms with Crippen LogP contribution in [0.3, 0.4) is 0 Å². The molecule has 0 bridgehead atoms. The van der Waals surface area contributed by atoms with Crippen molar-refractivity contribution in [2.75, 3.05) is 11.5 Å². The topological polar surface area (TPSA) is 26.0 Å². The molecule has 1 atom stereocenters. The molecule has 0 heterocycles. The molecule has 90 valence electrons. The highest BCUT2D eigenvalue weighted by atomic mass is 35.5. The summed E-state index contributed by atoms with van der Waals surface area (Å²) < 4.78 is 13.0. The van der Waals surface area contributed by atoms with E-state index in [0.717, 1.165) is 23.5 Å². The zero-order valence-electron chi connectivity index (χ0n) is 9.38. The fraction of sp³-hybridized carbons (Fsp3) is 0.500. The van der Waals surface area contributed by atoms with Gasteiger partial charge in [-0.15, -0.1) is 0 Å². The molecule has 0 amide bonds. The summed E-state index contributed by atoms with van der Waals surface area (Å²) in [6.07, 6.45) is 1.78. The Hall–Kier alpha value is -0.250. The minimum absolute atomic E-state index is 0.0378. The monoisotopic (exact) mass is 261 g/mol. The van der Waals surface area contributed by atoms with E-state index in [1.807, 2.05) is 11.8 Å². The Balaban J connectivity index is 2.48. The average molecular weight is 262 g/mol. The van der Waals surface area contributed by atoms with Gasteiger partial charge in [0.1, 0.15) is 5.82 Å². The predicted octanol–water partition coefficient (Wildman–Crippen LogP) is 3.49. The highest BCUT2D eigenvalue weighted by molar-refractivity contribution is 7.99. The maximum Gasteiger partial charge on any atom is 0.123 e. The van der Waals surface area contributed by atoms with E-state index >= 15 is 0 Å². The quantitative estimate of drug-likeness (QED) is 0.794. The van der Waals surface area contributed by atoms with Crippen LogP contribution in [-0.4, -0.2) is 17.5 Å². The largest absolute Gasteiger partial charge is 0.327 e. The number of halogens is 2. The number of hydrogen-bond acceptors (Lipinski definition) is 2. The summed E-state index contributed by atoms with van der Waals surface area (Å²) in [4.78, 5) is 0. The van der Waals surface area contributed by atoms with Gasteiger partial charge in [0, 0.05) is 16.8 Å². The number of nitrogens with two attached hydrogens (primary N) is 1. The van der Waals surface area contributed by atoms with Crippen LogP contribution >= 0.6 is 23.4 Å². The number of thioether (sulfide) groups is 1. The highest BCUT2D eigenvalue weighted by Crippen LogP contribution is 2.19. The Labute approximate surface area is 106 Å². The third-order valence-corrected chi connectivity index (χ3v) is 3.90. The van der Waals surface area contributed by atoms with E-state index in [1.165, 1.54) is 12.1 Å². The molecule has 0 spiro atoms. The summed E-state index contributed by atoms with van der Waals surface area (Å²) in [7, 11) is 0. The third-order valence-electron chi connectivity index (χ3n) is 2.17. The van der Waals surface area contributed by atoms with Crippen molar-refractivity contribution in [2.45, 2.75) is 25.8 Å². The van der Waals surface area contributed by atoms with Gasteiger partial charge in [-0.2, -0.15) is 11.8 Å². The standard InChI is InChI=1S/C12H17ClFNS/c1-2-5-16-8-11(15)7-9-6-10(14)3-4-12(9)13/h3-4,6,11H,2,5,7-8,15H2,1H3. The molecule has 1 unspecified atom stereocenters. The molecule has 0 aliphatic rings. The van der Waals surface area contributed by atoms with E-state index in [-0.39, 0.29) is 11.9 Å². The summed E-state index contributed by atoms with van der Waals surface area (Å²) >= 11 is 7.80. The first-order valence-corrected chi connectivity index (χ1v) is 6.94. The van der Waals surface area contributed by atoms with E-state index in [1.54, 1.807) is 6.07 Å². The van der Waals surface area contributed by atoms with Crippen molar-refractivity contribution < 1.29 is 4.39 Å². The second-order valence-electron chi connectivity index (χ2n) is 3.77. The first-order chi connectivity index (χ1) is 7.63. The first kappa shape index (κ1) is 13.8. The minimum Gasteiger partial charge on any atom is -0.327 e. The van der Waals surface area contributed by atoms with E-state index in [2.05, 4.69) is 6.92 Å². The van der Waals surface area contributed by atoms with Crippen molar-refractivity contribution in [1.29, 1.82) is 0 Å². The van der Waals surface area contributed by atoms with Crippen molar-refractivity contribution in [3.63, 3.8) is 0 Å². The average Bonchev–Trinajstić information content (AvgIpc) is 2.24. The van der Waals surface area contributed by atoms with Crippen molar-refractivity contribution in [1.82, 2.24) is 0 Å². The van der Waals surface area contributed by atoms with Crippen molar-refractivity contribution in [2.24, 2.45) is 5.73 Å². The second-order valence-corrected chi connectivity index (χ2v) is 5.33. The molecule has 4 heteroatoms. The molecule has 1 nitrogen and oxygen atoms in total.